The monoisotopic (exact) mass is 1670 g/mol. The molecule has 3 nitrogen and oxygen atoms in total. The zero-order valence-corrected chi connectivity index (χ0v) is 75.4. The molecule has 22 rings (SSSR count). The second-order valence-corrected chi connectivity index (χ2v) is 38.4. The van der Waals surface area contributed by atoms with E-state index in [1.807, 2.05) is 0 Å². The standard InChI is InChI=1S/C125H119NO2/c1-5-9-13-17-44-74-122(75-45-18-14-10-6-2)105-63-41-38-60-98(105)116-117-101-62-40-43-65-112(101)128-121(117)118-99-71-68-93(81-107(99)123(120(118)119(116)122,76-46-19-15-11-7-3)77-47-20-16-12-8-4)126(92-66-69-96-87(78-85-48-26-21-27-49-85)79-86-50-36-37-59-95(86)102(96)80-92)94-67-70-97-103-83-110-104(84-109(103)125(108(97)82-94,90-55-32-24-33-56-90)91-57-34-25-35-58-91)114-106(72-73-113-115(114)100-61-39-42-64-111(100)127-113)124(110,88-51-28-22-29-52-88)89-53-30-23-31-54-89/h21-43,48-73,80-84,87H,5-20,44-47,74-79H2,1-4H3. The normalized spacial score (nSPS) is 15.2. The van der Waals surface area contributed by atoms with Crippen molar-refractivity contribution in [3.05, 3.63) is 411 Å². The molecular formula is C125H119NO2. The summed E-state index contributed by atoms with van der Waals surface area (Å²) in [6, 6.07) is 128. The fourth-order valence-electron chi connectivity index (χ4n) is 25.6. The molecule has 17 aromatic rings. The van der Waals surface area contributed by atoms with E-state index in [1.54, 1.807) is 16.7 Å². The molecule has 0 saturated heterocycles. The van der Waals surface area contributed by atoms with E-state index in [2.05, 4.69) is 360 Å². The number of benzene rings is 15. The number of anilines is 3. The molecule has 5 aliphatic carbocycles. The third-order valence-electron chi connectivity index (χ3n) is 31.2. The van der Waals surface area contributed by atoms with Crippen LogP contribution in [0.25, 0.3) is 99.5 Å². The molecule has 0 N–H and O–H groups in total. The number of rotatable bonds is 33. The molecule has 0 bridgehead atoms. The minimum atomic E-state index is -0.820. The first kappa shape index (κ1) is 81.5. The van der Waals surface area contributed by atoms with Gasteiger partial charge in [0.25, 0.3) is 0 Å². The van der Waals surface area contributed by atoms with Crippen LogP contribution < -0.4 is 4.90 Å². The van der Waals surface area contributed by atoms with Crippen molar-refractivity contribution in [1.29, 1.82) is 0 Å². The Balaban J connectivity index is 0.833. The molecule has 0 radical (unpaired) electrons. The number of para-hydroxylation sites is 2. The summed E-state index contributed by atoms with van der Waals surface area (Å²) in [5.41, 5.74) is 39.1. The summed E-state index contributed by atoms with van der Waals surface area (Å²) in [5.74, 6) is 0.289. The van der Waals surface area contributed by atoms with E-state index in [-0.39, 0.29) is 16.7 Å². The Hall–Kier alpha value is -12.3. The van der Waals surface area contributed by atoms with Crippen molar-refractivity contribution in [1.82, 2.24) is 0 Å². The molecule has 128 heavy (non-hydrogen) atoms. The van der Waals surface area contributed by atoms with Crippen LogP contribution >= 0.6 is 0 Å². The minimum Gasteiger partial charge on any atom is -0.456 e. The number of unbranched alkanes of at least 4 members (excludes halogenated alkanes) is 16. The smallest absolute Gasteiger partial charge is 0.144 e. The zero-order chi connectivity index (χ0) is 85.9. The maximum Gasteiger partial charge on any atom is 0.144 e. The second kappa shape index (κ2) is 34.4. The Morgan fingerprint density at radius 1 is 0.281 bits per heavy atom. The van der Waals surface area contributed by atoms with Gasteiger partial charge in [0.2, 0.25) is 0 Å². The quantitative estimate of drug-likeness (QED) is 0.0384. The zero-order valence-electron chi connectivity index (χ0n) is 75.4. The van der Waals surface area contributed by atoms with Gasteiger partial charge in [-0.15, -0.1) is 0 Å². The molecule has 15 aromatic carbocycles. The summed E-state index contributed by atoms with van der Waals surface area (Å²) in [4.78, 5) is 2.74. The van der Waals surface area contributed by atoms with Crippen LogP contribution in [0.5, 0.6) is 0 Å². The number of fused-ring (bicyclic) bond motifs is 25. The number of nitrogens with zero attached hydrogens (tertiary/aromatic N) is 1. The Morgan fingerprint density at radius 3 is 1.30 bits per heavy atom. The molecule has 1 atom stereocenters. The molecule has 0 amide bonds. The van der Waals surface area contributed by atoms with Crippen LogP contribution in [0.2, 0.25) is 0 Å². The molecule has 0 saturated carbocycles. The van der Waals surface area contributed by atoms with Crippen molar-refractivity contribution in [2.75, 3.05) is 4.90 Å². The summed E-state index contributed by atoms with van der Waals surface area (Å²) < 4.78 is 14.8. The lowest BCUT2D eigenvalue weighted by atomic mass is 9.62. The second-order valence-electron chi connectivity index (χ2n) is 38.4. The van der Waals surface area contributed by atoms with Crippen LogP contribution in [0.15, 0.2) is 336 Å². The van der Waals surface area contributed by atoms with Crippen LogP contribution in [-0.2, 0) is 34.5 Å². The van der Waals surface area contributed by atoms with E-state index in [1.165, 1.54) is 254 Å². The first-order valence-corrected chi connectivity index (χ1v) is 49.2. The van der Waals surface area contributed by atoms with Gasteiger partial charge in [-0.05, 0) is 245 Å². The van der Waals surface area contributed by atoms with Crippen LogP contribution in [0, 0.1) is 0 Å². The van der Waals surface area contributed by atoms with Gasteiger partial charge in [-0.1, -0.05) is 417 Å². The highest BCUT2D eigenvalue weighted by Gasteiger charge is 2.56. The number of hydrogen-bond donors (Lipinski definition) is 0. The van der Waals surface area contributed by atoms with Gasteiger partial charge in [0.1, 0.15) is 22.3 Å². The molecule has 0 fully saturated rings. The molecule has 636 valence electrons. The van der Waals surface area contributed by atoms with Gasteiger partial charge in [-0.2, -0.15) is 0 Å². The highest BCUT2D eigenvalue weighted by atomic mass is 16.3. The molecule has 5 aliphatic rings. The van der Waals surface area contributed by atoms with Crippen molar-refractivity contribution in [3.63, 3.8) is 0 Å². The van der Waals surface area contributed by atoms with E-state index in [0.29, 0.717) is 0 Å². The van der Waals surface area contributed by atoms with E-state index < -0.39 is 10.8 Å². The Labute approximate surface area is 758 Å². The van der Waals surface area contributed by atoms with Gasteiger partial charge in [0.05, 0.1) is 10.8 Å². The van der Waals surface area contributed by atoms with Crippen LogP contribution in [0.4, 0.5) is 17.1 Å². The lowest BCUT2D eigenvalue weighted by molar-refractivity contribution is 0.369. The molecule has 2 heterocycles. The SMILES string of the molecule is CCCCCCCC1(CCCCCCC)c2cc(N(c3ccc4c(c3)-c3ccccc3CC4Cc3ccccc3)c3ccc4c(c3)C(c3ccccc3)(c3ccccc3)c3cc5c(cc3-4)C(c3ccccc3)(c3ccccc3)c3ccc4oc6ccccc6c4c3-5)ccc2-c2c1c1c(c3c2oc2ccccc23)-c2ccccc2C1(CCCCCCC)CCCCCCC. The topological polar surface area (TPSA) is 29.5 Å². The number of furan rings is 2. The van der Waals surface area contributed by atoms with Gasteiger partial charge in [-0.3, -0.25) is 0 Å². The largest absolute Gasteiger partial charge is 0.456 e. The lowest BCUT2D eigenvalue weighted by Gasteiger charge is -2.40. The molecule has 1 unspecified atom stereocenters. The molecule has 2 aromatic heterocycles. The van der Waals surface area contributed by atoms with Crippen LogP contribution in [0.3, 0.4) is 0 Å². The molecular weight excluding hydrogens is 1550 g/mol. The van der Waals surface area contributed by atoms with Crippen molar-refractivity contribution in [2.24, 2.45) is 0 Å². The van der Waals surface area contributed by atoms with E-state index in [0.717, 1.165) is 95.8 Å². The van der Waals surface area contributed by atoms with E-state index in [9.17, 15) is 0 Å². The third-order valence-corrected chi connectivity index (χ3v) is 31.2. The number of hydrogen-bond acceptors (Lipinski definition) is 3. The van der Waals surface area contributed by atoms with Gasteiger partial charge in [-0.25, -0.2) is 0 Å². The summed E-state index contributed by atoms with van der Waals surface area (Å²) in [7, 11) is 0. The van der Waals surface area contributed by atoms with Crippen molar-refractivity contribution >= 4 is 60.9 Å². The molecule has 0 spiro atoms. The average Bonchev–Trinajstić information content (AvgIpc) is 1.47. The highest BCUT2D eigenvalue weighted by Crippen LogP contribution is 2.70. The van der Waals surface area contributed by atoms with Crippen molar-refractivity contribution in [3.8, 4) is 55.6 Å². The fourth-order valence-corrected chi connectivity index (χ4v) is 25.6. The maximum atomic E-state index is 7.84. The highest BCUT2D eigenvalue weighted by molar-refractivity contribution is 6.21. The Kier molecular flexibility index (Phi) is 21.9. The summed E-state index contributed by atoms with van der Waals surface area (Å²) in [5, 5.41) is 4.85. The summed E-state index contributed by atoms with van der Waals surface area (Å²) in [6.45, 7) is 9.53. The van der Waals surface area contributed by atoms with Crippen LogP contribution in [0.1, 0.15) is 271 Å². The Bertz CT molecular complexity index is 6850. The lowest BCUT2D eigenvalue weighted by Crippen LogP contribution is -2.33. The van der Waals surface area contributed by atoms with Crippen molar-refractivity contribution in [2.45, 2.75) is 222 Å². The van der Waals surface area contributed by atoms with E-state index >= 15 is 0 Å². The fraction of sp³-hybridized carbons (Fsp3) is 0.280. The predicted octanol–water partition coefficient (Wildman–Crippen LogP) is 35.2. The van der Waals surface area contributed by atoms with Gasteiger partial charge < -0.3 is 13.7 Å². The van der Waals surface area contributed by atoms with Gasteiger partial charge in [0.15, 0.2) is 0 Å². The van der Waals surface area contributed by atoms with E-state index in [4.69, 9.17) is 8.83 Å². The third kappa shape index (κ3) is 13.1. The maximum absolute atomic E-state index is 7.84. The van der Waals surface area contributed by atoms with Crippen LogP contribution in [-0.4, -0.2) is 0 Å². The summed E-state index contributed by atoms with van der Waals surface area (Å²) in [6.07, 6.45) is 31.0. The first-order valence-electron chi connectivity index (χ1n) is 49.2. The Morgan fingerprint density at radius 2 is 0.711 bits per heavy atom. The minimum absolute atomic E-state index is 0.203. The molecule has 0 aliphatic heterocycles. The molecule has 3 heteroatoms. The first-order chi connectivity index (χ1) is 63.3. The van der Waals surface area contributed by atoms with Gasteiger partial charge in [0, 0.05) is 55.0 Å². The average molecular weight is 1670 g/mol. The van der Waals surface area contributed by atoms with Gasteiger partial charge >= 0.3 is 0 Å². The summed E-state index contributed by atoms with van der Waals surface area (Å²) >= 11 is 0. The predicted molar refractivity (Wildman–Crippen MR) is 538 cm³/mol. The van der Waals surface area contributed by atoms with Crippen molar-refractivity contribution < 1.29 is 8.83 Å².